The fourth-order valence-electron chi connectivity index (χ4n) is 2.10. The Kier molecular flexibility index (Phi) is 2.83. The van der Waals surface area contributed by atoms with Gasteiger partial charge in [0.2, 0.25) is 0 Å². The van der Waals surface area contributed by atoms with Crippen LogP contribution in [-0.4, -0.2) is 28.8 Å². The molecule has 2 aromatic rings. The number of carbonyl (C=O) groups excluding carboxylic acids is 1. The number of nitrogens with zero attached hydrogens (tertiary/aromatic N) is 3. The summed E-state index contributed by atoms with van der Waals surface area (Å²) < 4.78 is 7.11. The molecule has 0 fully saturated rings. The molecule has 1 aliphatic heterocycles. The molecule has 19 heavy (non-hydrogen) atoms. The second-order valence-corrected chi connectivity index (χ2v) is 4.31. The molecular weight excluding hydrogens is 244 g/mol. The first-order valence-electron chi connectivity index (χ1n) is 6.05. The number of para-hydroxylation sites is 2. The number of ether oxygens (including phenoxy) is 1. The zero-order valence-corrected chi connectivity index (χ0v) is 10.3. The fourth-order valence-corrected chi connectivity index (χ4v) is 2.10. The lowest BCUT2D eigenvalue weighted by Crippen LogP contribution is -2.40. The molecule has 6 heteroatoms. The van der Waals surface area contributed by atoms with Crippen LogP contribution in [0.15, 0.2) is 36.5 Å². The highest BCUT2D eigenvalue weighted by atomic mass is 16.5. The van der Waals surface area contributed by atoms with E-state index in [2.05, 4.69) is 5.10 Å². The maximum Gasteiger partial charge on any atom is 0.265 e. The van der Waals surface area contributed by atoms with Crippen molar-refractivity contribution in [2.45, 2.75) is 6.54 Å². The van der Waals surface area contributed by atoms with Gasteiger partial charge < -0.3 is 15.4 Å². The van der Waals surface area contributed by atoms with Gasteiger partial charge in [0.25, 0.3) is 5.91 Å². The molecule has 0 aliphatic carbocycles. The molecule has 2 N–H and O–H groups in total. The monoisotopic (exact) mass is 258 g/mol. The minimum atomic E-state index is -0.0428. The number of anilines is 2. The molecule has 2 heterocycles. The van der Waals surface area contributed by atoms with E-state index < -0.39 is 0 Å². The van der Waals surface area contributed by atoms with Gasteiger partial charge >= 0.3 is 0 Å². The fraction of sp³-hybridized carbons (Fsp3) is 0.231. The Hall–Kier alpha value is -2.50. The summed E-state index contributed by atoms with van der Waals surface area (Å²) in [6.07, 6.45) is 1.80. The number of fused-ring (bicyclic) bond motifs is 1. The molecule has 1 aromatic heterocycles. The lowest BCUT2D eigenvalue weighted by molar-refractivity contribution is -0.121. The Labute approximate surface area is 110 Å². The Bertz CT molecular complexity index is 608. The molecule has 1 amide bonds. The zero-order chi connectivity index (χ0) is 13.2. The highest BCUT2D eigenvalue weighted by molar-refractivity contribution is 5.97. The largest absolute Gasteiger partial charge is 0.482 e. The summed E-state index contributed by atoms with van der Waals surface area (Å²) in [7, 11) is 0. The first kappa shape index (κ1) is 11.6. The van der Waals surface area contributed by atoms with Crippen LogP contribution in [0.4, 0.5) is 11.5 Å². The molecule has 3 rings (SSSR count). The van der Waals surface area contributed by atoms with E-state index in [-0.39, 0.29) is 12.5 Å². The lowest BCUT2D eigenvalue weighted by Gasteiger charge is -2.29. The maximum absolute atomic E-state index is 11.9. The van der Waals surface area contributed by atoms with E-state index in [4.69, 9.17) is 10.5 Å². The van der Waals surface area contributed by atoms with Crippen molar-refractivity contribution in [1.82, 2.24) is 9.78 Å². The van der Waals surface area contributed by atoms with Crippen molar-refractivity contribution >= 4 is 17.4 Å². The minimum absolute atomic E-state index is 0.0428. The first-order valence-corrected chi connectivity index (χ1v) is 6.05. The van der Waals surface area contributed by atoms with Crippen molar-refractivity contribution < 1.29 is 9.53 Å². The Morgan fingerprint density at radius 2 is 2.11 bits per heavy atom. The summed E-state index contributed by atoms with van der Waals surface area (Å²) in [5.74, 6) is 1.18. The quantitative estimate of drug-likeness (QED) is 0.887. The van der Waals surface area contributed by atoms with Gasteiger partial charge in [-0.15, -0.1) is 0 Å². The van der Waals surface area contributed by atoms with Gasteiger partial charge in [0, 0.05) is 12.7 Å². The number of aromatic nitrogens is 2. The van der Waals surface area contributed by atoms with Crippen LogP contribution in [0.25, 0.3) is 0 Å². The highest BCUT2D eigenvalue weighted by Crippen LogP contribution is 2.31. The number of nitrogen functional groups attached to an aromatic ring is 1. The number of carbonyl (C=O) groups is 1. The molecule has 6 nitrogen and oxygen atoms in total. The van der Waals surface area contributed by atoms with Crippen LogP contribution >= 0.6 is 0 Å². The van der Waals surface area contributed by atoms with Crippen molar-refractivity contribution in [3.63, 3.8) is 0 Å². The number of hydrogen-bond donors (Lipinski definition) is 1. The smallest absolute Gasteiger partial charge is 0.265 e. The van der Waals surface area contributed by atoms with Crippen molar-refractivity contribution in [2.24, 2.45) is 0 Å². The number of benzene rings is 1. The first-order chi connectivity index (χ1) is 9.24. The van der Waals surface area contributed by atoms with Crippen molar-refractivity contribution in [2.75, 3.05) is 23.8 Å². The van der Waals surface area contributed by atoms with E-state index in [1.807, 2.05) is 24.3 Å². The number of nitrogens with two attached hydrogens (primary N) is 1. The average Bonchev–Trinajstić information content (AvgIpc) is 2.83. The Morgan fingerprint density at radius 3 is 2.89 bits per heavy atom. The molecule has 0 unspecified atom stereocenters. The van der Waals surface area contributed by atoms with Crippen LogP contribution in [0.5, 0.6) is 5.75 Å². The molecule has 0 saturated carbocycles. The van der Waals surface area contributed by atoms with E-state index in [0.29, 0.717) is 18.9 Å². The van der Waals surface area contributed by atoms with Gasteiger partial charge in [0.15, 0.2) is 6.61 Å². The summed E-state index contributed by atoms with van der Waals surface area (Å²) in [5, 5.41) is 4.10. The zero-order valence-electron chi connectivity index (χ0n) is 10.3. The number of rotatable bonds is 3. The number of hydrogen-bond acceptors (Lipinski definition) is 4. The molecule has 0 bridgehead atoms. The van der Waals surface area contributed by atoms with Gasteiger partial charge in [0.05, 0.1) is 12.2 Å². The molecule has 98 valence electrons. The van der Waals surface area contributed by atoms with Crippen LogP contribution in [0.3, 0.4) is 0 Å². The third-order valence-corrected chi connectivity index (χ3v) is 3.02. The van der Waals surface area contributed by atoms with Gasteiger partial charge in [-0.2, -0.15) is 5.10 Å². The van der Waals surface area contributed by atoms with E-state index >= 15 is 0 Å². The summed E-state index contributed by atoms with van der Waals surface area (Å²) in [5.41, 5.74) is 6.36. The van der Waals surface area contributed by atoms with Crippen LogP contribution in [0, 0.1) is 0 Å². The molecular formula is C13H14N4O2. The summed E-state index contributed by atoms with van der Waals surface area (Å²) >= 11 is 0. The summed E-state index contributed by atoms with van der Waals surface area (Å²) in [6.45, 7) is 1.22. The Morgan fingerprint density at radius 1 is 1.26 bits per heavy atom. The lowest BCUT2D eigenvalue weighted by atomic mass is 10.2. The summed E-state index contributed by atoms with van der Waals surface area (Å²) in [4.78, 5) is 13.6. The Balaban J connectivity index is 1.78. The van der Waals surface area contributed by atoms with Crippen molar-refractivity contribution in [3.8, 4) is 5.75 Å². The standard InChI is InChI=1S/C13H14N4O2/c14-12-5-6-16(15-12)7-8-17-10-3-1-2-4-11(10)19-9-13(17)18/h1-6H,7-9H2,(H2,14,15). The number of amides is 1. The third kappa shape index (κ3) is 2.24. The third-order valence-electron chi connectivity index (χ3n) is 3.02. The second kappa shape index (κ2) is 4.64. The van der Waals surface area contributed by atoms with Crippen LogP contribution in [0.1, 0.15) is 0 Å². The van der Waals surface area contributed by atoms with Gasteiger partial charge in [-0.1, -0.05) is 12.1 Å². The van der Waals surface area contributed by atoms with Crippen LogP contribution in [-0.2, 0) is 11.3 Å². The molecule has 0 atom stereocenters. The van der Waals surface area contributed by atoms with Gasteiger partial charge in [-0.25, -0.2) is 0 Å². The summed E-state index contributed by atoms with van der Waals surface area (Å²) in [6, 6.07) is 9.25. The minimum Gasteiger partial charge on any atom is -0.482 e. The average molecular weight is 258 g/mol. The SMILES string of the molecule is Nc1ccn(CCN2C(=O)COc3ccccc32)n1. The van der Waals surface area contributed by atoms with E-state index in [9.17, 15) is 4.79 Å². The molecule has 1 aromatic carbocycles. The van der Waals surface area contributed by atoms with E-state index in [1.165, 1.54) is 0 Å². The topological polar surface area (TPSA) is 73.4 Å². The second-order valence-electron chi connectivity index (χ2n) is 4.31. The maximum atomic E-state index is 11.9. The van der Waals surface area contributed by atoms with E-state index in [0.717, 1.165) is 11.4 Å². The highest BCUT2D eigenvalue weighted by Gasteiger charge is 2.24. The van der Waals surface area contributed by atoms with Crippen LogP contribution in [0.2, 0.25) is 0 Å². The van der Waals surface area contributed by atoms with Gasteiger partial charge in [0.1, 0.15) is 11.6 Å². The predicted molar refractivity (Wildman–Crippen MR) is 70.9 cm³/mol. The van der Waals surface area contributed by atoms with Crippen LogP contribution < -0.4 is 15.4 Å². The van der Waals surface area contributed by atoms with Crippen molar-refractivity contribution in [3.05, 3.63) is 36.5 Å². The predicted octanol–water partition coefficient (Wildman–Crippen LogP) is 0.891. The normalized spacial score (nSPS) is 14.1. The van der Waals surface area contributed by atoms with Crippen molar-refractivity contribution in [1.29, 1.82) is 0 Å². The molecule has 0 saturated heterocycles. The van der Waals surface area contributed by atoms with Gasteiger partial charge in [-0.05, 0) is 18.2 Å². The molecule has 0 spiro atoms. The van der Waals surface area contributed by atoms with E-state index in [1.54, 1.807) is 21.8 Å². The van der Waals surface area contributed by atoms with Gasteiger partial charge in [-0.3, -0.25) is 9.48 Å². The molecule has 1 aliphatic rings. The molecule has 0 radical (unpaired) electrons.